The third kappa shape index (κ3) is 9.18. The highest BCUT2D eigenvalue weighted by molar-refractivity contribution is 7.84. The molecule has 2 aromatic rings. The minimum Gasteiger partial charge on any atom is -0.489 e. The van der Waals surface area contributed by atoms with Crippen LogP contribution in [0.1, 0.15) is 87.8 Å². The van der Waals surface area contributed by atoms with Gasteiger partial charge in [0.15, 0.2) is 11.6 Å². The lowest BCUT2D eigenvalue weighted by molar-refractivity contribution is -0.0622. The van der Waals surface area contributed by atoms with E-state index in [1.54, 1.807) is 20.3 Å². The van der Waals surface area contributed by atoms with Gasteiger partial charge >= 0.3 is 0 Å². The summed E-state index contributed by atoms with van der Waals surface area (Å²) in [5, 5.41) is 3.80. The van der Waals surface area contributed by atoms with Gasteiger partial charge in [-0.05, 0) is 119 Å². The van der Waals surface area contributed by atoms with Crippen LogP contribution in [0.15, 0.2) is 42.5 Å². The molecule has 5 aliphatic rings. The number of rotatable bonds is 5. The molecule has 1 aromatic heterocycles. The molecule has 1 saturated heterocycles. The number of methoxy groups -OCH3 is 2. The molecule has 10 nitrogen and oxygen atoms in total. The van der Waals surface area contributed by atoms with Gasteiger partial charge < -0.3 is 24.4 Å². The number of benzene rings is 1. The van der Waals surface area contributed by atoms with Gasteiger partial charge in [-0.25, -0.2) is 9.19 Å². The number of ether oxygens (including phenoxy) is 3. The summed E-state index contributed by atoms with van der Waals surface area (Å²) in [6.07, 6.45) is 10.9. The number of nitrogens with zero attached hydrogens (tertiary/aromatic N) is 3. The molecule has 2 fully saturated rings. The number of allylic oxidation sites excluding steroid dienone is 1. The van der Waals surface area contributed by atoms with Crippen molar-refractivity contribution in [3.05, 3.63) is 64.3 Å². The first-order chi connectivity index (χ1) is 26.0. The van der Waals surface area contributed by atoms with E-state index in [1.165, 1.54) is 24.2 Å². The molecule has 1 amide bonds. The molecule has 4 heterocycles. The summed E-state index contributed by atoms with van der Waals surface area (Å²) in [5.41, 5.74) is 2.14. The first kappa shape index (κ1) is 41.1. The Kier molecular flexibility index (Phi) is 13.8. The summed E-state index contributed by atoms with van der Waals surface area (Å²) in [7, 11) is 1.81. The minimum atomic E-state index is -1.63. The number of fused-ring (bicyclic) bond motifs is 4. The average molecular weight is 785 g/mol. The summed E-state index contributed by atoms with van der Waals surface area (Å²) < 4.78 is 34.5. The second-order valence-electron chi connectivity index (χ2n) is 16.5. The fraction of sp³-hybridized carbons (Fsp3) is 0.667. The molecule has 1 saturated carbocycles. The van der Waals surface area contributed by atoms with Gasteiger partial charge in [-0.3, -0.25) is 14.4 Å². The first-order valence-electron chi connectivity index (χ1n) is 20.0. The van der Waals surface area contributed by atoms with Gasteiger partial charge in [0.25, 0.3) is 5.91 Å². The maximum atomic E-state index is 13.6. The third-order valence-corrected chi connectivity index (χ3v) is 14.6. The Bertz CT molecular complexity index is 1650. The number of aryl methyl sites for hydroxylation is 1. The minimum absolute atomic E-state index is 0.0528. The van der Waals surface area contributed by atoms with Gasteiger partial charge in [0.2, 0.25) is 0 Å². The van der Waals surface area contributed by atoms with Crippen molar-refractivity contribution < 1.29 is 23.2 Å². The zero-order valence-corrected chi connectivity index (χ0v) is 34.8. The highest BCUT2D eigenvalue weighted by atomic mass is 35.5. The number of hydrogen-bond donors (Lipinski definition) is 2. The SMILES string of the molecule is CC(C)N1CCNCC1.COCCC1C(C)C/C=C/[C@](C)(OC)C2CCC2CN2C[C@@]3(CCCc4cc(Cl)ccc43)COc3ccc(nc32)C(=O)NS1=O. The van der Waals surface area contributed by atoms with Crippen LogP contribution in [0.5, 0.6) is 5.75 Å². The maximum Gasteiger partial charge on any atom is 0.281 e. The molecule has 3 aliphatic heterocycles. The van der Waals surface area contributed by atoms with Crippen LogP contribution >= 0.6 is 11.6 Å². The lowest BCUT2D eigenvalue weighted by Gasteiger charge is -2.49. The van der Waals surface area contributed by atoms with Crippen molar-refractivity contribution in [2.45, 2.75) is 94.9 Å². The summed E-state index contributed by atoms with van der Waals surface area (Å²) in [6.45, 7) is 16.0. The molecule has 12 heteroatoms. The Morgan fingerprint density at radius 3 is 2.63 bits per heavy atom. The average Bonchev–Trinajstić information content (AvgIpc) is 3.30. The van der Waals surface area contributed by atoms with E-state index in [0.29, 0.717) is 43.0 Å². The second-order valence-corrected chi connectivity index (χ2v) is 18.3. The number of aromatic nitrogens is 1. The van der Waals surface area contributed by atoms with Crippen molar-refractivity contribution in [3.8, 4) is 5.75 Å². The van der Waals surface area contributed by atoms with Crippen LogP contribution in [0.25, 0.3) is 0 Å². The summed E-state index contributed by atoms with van der Waals surface area (Å²) in [4.78, 5) is 23.3. The van der Waals surface area contributed by atoms with E-state index in [-0.39, 0.29) is 22.3 Å². The van der Waals surface area contributed by atoms with E-state index >= 15 is 0 Å². The monoisotopic (exact) mass is 783 g/mol. The normalized spacial score (nSPS) is 32.2. The van der Waals surface area contributed by atoms with Crippen LogP contribution in [0.4, 0.5) is 5.82 Å². The molecule has 5 unspecified atom stereocenters. The number of anilines is 1. The molecular formula is C42H62ClN5O5S. The van der Waals surface area contributed by atoms with Gasteiger partial charge in [0.05, 0.1) is 17.5 Å². The Balaban J connectivity index is 0.000000485. The van der Waals surface area contributed by atoms with Crippen molar-refractivity contribution in [2.75, 3.05) is 71.6 Å². The molecule has 2 aliphatic carbocycles. The summed E-state index contributed by atoms with van der Waals surface area (Å²) >= 11 is 6.44. The smallest absolute Gasteiger partial charge is 0.281 e. The van der Waals surface area contributed by atoms with Crippen LogP contribution in [-0.4, -0.2) is 104 Å². The van der Waals surface area contributed by atoms with Gasteiger partial charge in [-0.1, -0.05) is 36.7 Å². The number of amides is 1. The predicted octanol–water partition coefficient (Wildman–Crippen LogP) is 6.33. The Hall–Kier alpha value is -2.54. The molecule has 0 radical (unpaired) electrons. The molecule has 7 rings (SSSR count). The zero-order chi connectivity index (χ0) is 38.5. The Morgan fingerprint density at radius 2 is 1.94 bits per heavy atom. The van der Waals surface area contributed by atoms with Gasteiger partial charge in [-0.2, -0.15) is 0 Å². The van der Waals surface area contributed by atoms with Crippen molar-refractivity contribution >= 4 is 34.3 Å². The number of nitrogens with one attached hydrogen (secondary N) is 2. The maximum absolute atomic E-state index is 13.6. The van der Waals surface area contributed by atoms with Crippen molar-refractivity contribution in [1.82, 2.24) is 19.9 Å². The van der Waals surface area contributed by atoms with Gasteiger partial charge in [-0.15, -0.1) is 0 Å². The van der Waals surface area contributed by atoms with Gasteiger partial charge in [0.1, 0.15) is 16.7 Å². The van der Waals surface area contributed by atoms with E-state index in [9.17, 15) is 9.00 Å². The molecule has 7 atom stereocenters. The lowest BCUT2D eigenvalue weighted by atomic mass is 9.64. The number of carbonyl (C=O) groups excluding carboxylic acids is 1. The Labute approximate surface area is 330 Å². The van der Waals surface area contributed by atoms with Crippen LogP contribution in [0, 0.1) is 17.8 Å². The van der Waals surface area contributed by atoms with Crippen LogP contribution < -0.4 is 19.7 Å². The van der Waals surface area contributed by atoms with Crippen LogP contribution in [-0.2, 0) is 32.3 Å². The van der Waals surface area contributed by atoms with Crippen LogP contribution in [0.2, 0.25) is 5.02 Å². The van der Waals surface area contributed by atoms with Crippen molar-refractivity contribution in [2.24, 2.45) is 17.8 Å². The molecule has 1 spiro atoms. The van der Waals surface area contributed by atoms with Gasteiger partial charge in [0, 0.05) is 76.6 Å². The number of carbonyl (C=O) groups is 1. The molecule has 54 heavy (non-hydrogen) atoms. The number of piperazine rings is 1. The lowest BCUT2D eigenvalue weighted by Crippen LogP contribution is -2.52. The fourth-order valence-corrected chi connectivity index (χ4v) is 10.7. The number of hydrogen-bond acceptors (Lipinski definition) is 9. The van der Waals surface area contributed by atoms with E-state index in [0.717, 1.165) is 75.8 Å². The first-order valence-corrected chi connectivity index (χ1v) is 21.6. The molecule has 298 valence electrons. The fourth-order valence-electron chi connectivity index (χ4n) is 9.20. The highest BCUT2D eigenvalue weighted by Gasteiger charge is 2.47. The van der Waals surface area contributed by atoms with Crippen molar-refractivity contribution in [1.29, 1.82) is 0 Å². The summed E-state index contributed by atoms with van der Waals surface area (Å²) in [6, 6.07) is 10.5. The topological polar surface area (TPSA) is 105 Å². The largest absolute Gasteiger partial charge is 0.489 e. The standard InChI is InChI=1S/C35H46ClN3O5S.C7H16N2/c1-23-7-5-16-34(2,43-4)27-11-9-25(27)20-39-21-35(17-6-8-24-19-26(36)10-12-28(24)35)22-44-30-14-13-29(37-32(30)39)33(40)38-45(41)31(23)15-18-42-3;1-7(2)9-5-3-8-4-6-9/h5,10,12-14,16,19,23,25,27,31H,6-9,11,15,17-18,20-22H2,1-4H3,(H,38,40);7-8H,3-6H2,1-2H3/b16-5+;/t23?,25?,27?,31?,34-,35-,45?;/m0./s1. The van der Waals surface area contributed by atoms with Crippen LogP contribution in [0.3, 0.4) is 0 Å². The molecule has 1 aromatic carbocycles. The summed E-state index contributed by atoms with van der Waals surface area (Å²) in [5.74, 6) is 1.65. The second kappa shape index (κ2) is 18.2. The van der Waals surface area contributed by atoms with Crippen molar-refractivity contribution in [3.63, 3.8) is 0 Å². The molecular weight excluding hydrogens is 722 g/mol. The predicted molar refractivity (Wildman–Crippen MR) is 218 cm³/mol. The molecule has 2 N–H and O–H groups in total. The Morgan fingerprint density at radius 1 is 1.15 bits per heavy atom. The third-order valence-electron chi connectivity index (χ3n) is 12.7. The zero-order valence-electron chi connectivity index (χ0n) is 33.2. The quantitative estimate of drug-likeness (QED) is 0.337. The van der Waals surface area contributed by atoms with E-state index < -0.39 is 22.5 Å². The van der Waals surface area contributed by atoms with E-state index in [1.807, 2.05) is 12.1 Å². The molecule has 2 bridgehead atoms. The highest BCUT2D eigenvalue weighted by Crippen LogP contribution is 2.48. The van der Waals surface area contributed by atoms with E-state index in [4.69, 9.17) is 30.8 Å². The van der Waals surface area contributed by atoms with E-state index in [2.05, 4.69) is 71.8 Å². The number of halogens is 1. The number of pyridine rings is 1.